The van der Waals surface area contributed by atoms with Gasteiger partial charge in [-0.2, -0.15) is 0 Å². The molecule has 0 aromatic carbocycles. The minimum absolute atomic E-state index is 0.0463. The molecule has 8 heteroatoms. The van der Waals surface area contributed by atoms with Crippen LogP contribution in [-0.2, 0) is 14.6 Å². The minimum atomic E-state index is -2.55. The van der Waals surface area contributed by atoms with Gasteiger partial charge in [-0.1, -0.05) is 11.8 Å². The van der Waals surface area contributed by atoms with Gasteiger partial charge in [0.25, 0.3) is 0 Å². The van der Waals surface area contributed by atoms with Crippen LogP contribution in [0.25, 0.3) is 0 Å². The van der Waals surface area contributed by atoms with Crippen molar-refractivity contribution in [1.29, 1.82) is 0 Å². The summed E-state index contributed by atoms with van der Waals surface area (Å²) in [6, 6.07) is -0.0463. The SMILES string of the molecule is O=C1CCCS1.O=C1NCCN1.O=S1(=O)CCCC1. The average molecular weight is 308 g/mol. The van der Waals surface area contributed by atoms with E-state index in [9.17, 15) is 18.0 Å². The van der Waals surface area contributed by atoms with Crippen LogP contribution in [0.3, 0.4) is 0 Å². The molecule has 3 saturated heterocycles. The maximum Gasteiger partial charge on any atom is 0.314 e. The Morgan fingerprint density at radius 3 is 1.68 bits per heavy atom. The highest BCUT2D eigenvalue weighted by Crippen LogP contribution is 2.17. The van der Waals surface area contributed by atoms with E-state index in [4.69, 9.17) is 0 Å². The number of nitrogens with one attached hydrogen (secondary N) is 2. The van der Waals surface area contributed by atoms with Crippen LogP contribution < -0.4 is 10.6 Å². The van der Waals surface area contributed by atoms with Gasteiger partial charge < -0.3 is 10.6 Å². The summed E-state index contributed by atoms with van der Waals surface area (Å²) >= 11 is 1.46. The van der Waals surface area contributed by atoms with Gasteiger partial charge in [0.2, 0.25) is 0 Å². The number of carbonyl (C=O) groups is 2. The monoisotopic (exact) mass is 308 g/mol. The van der Waals surface area contributed by atoms with E-state index in [-0.39, 0.29) is 6.03 Å². The van der Waals surface area contributed by atoms with Crippen LogP contribution >= 0.6 is 11.8 Å². The Bertz CT molecular complexity index is 361. The number of amides is 2. The maximum absolute atomic E-state index is 10.4. The normalized spacial score (nSPS) is 23.6. The summed E-state index contributed by atoms with van der Waals surface area (Å²) in [5.41, 5.74) is 0. The van der Waals surface area contributed by atoms with Crippen LogP contribution in [0.4, 0.5) is 4.79 Å². The van der Waals surface area contributed by atoms with Gasteiger partial charge in [0.15, 0.2) is 5.12 Å². The Labute approximate surface area is 118 Å². The predicted octanol–water partition coefficient (Wildman–Crippen LogP) is 0.534. The number of carbonyl (C=O) groups excluding carboxylic acids is 2. The maximum atomic E-state index is 10.4. The van der Waals surface area contributed by atoms with E-state index >= 15 is 0 Å². The molecule has 0 aromatic rings. The van der Waals surface area contributed by atoms with Crippen LogP contribution in [0.15, 0.2) is 0 Å². The molecular weight excluding hydrogens is 288 g/mol. The molecule has 0 aromatic heterocycles. The average Bonchev–Trinajstić information content (AvgIpc) is 3.05. The fourth-order valence-electron chi connectivity index (χ4n) is 1.64. The lowest BCUT2D eigenvalue weighted by molar-refractivity contribution is -0.110. The molecule has 0 bridgehead atoms. The van der Waals surface area contributed by atoms with Crippen LogP contribution in [0.1, 0.15) is 25.7 Å². The van der Waals surface area contributed by atoms with Crippen molar-refractivity contribution in [2.45, 2.75) is 25.7 Å². The lowest BCUT2D eigenvalue weighted by atomic mass is 10.4. The number of sulfone groups is 1. The van der Waals surface area contributed by atoms with Gasteiger partial charge in [-0.3, -0.25) is 4.79 Å². The molecule has 3 fully saturated rings. The van der Waals surface area contributed by atoms with Crippen molar-refractivity contribution in [2.24, 2.45) is 0 Å². The Kier molecular flexibility index (Phi) is 7.22. The van der Waals surface area contributed by atoms with Crippen LogP contribution in [0, 0.1) is 0 Å². The van der Waals surface area contributed by atoms with Gasteiger partial charge in [-0.15, -0.1) is 0 Å². The van der Waals surface area contributed by atoms with E-state index < -0.39 is 9.84 Å². The molecule has 0 spiro atoms. The fourth-order valence-corrected chi connectivity index (χ4v) is 3.93. The zero-order valence-corrected chi connectivity index (χ0v) is 12.4. The molecule has 0 atom stereocenters. The van der Waals surface area contributed by atoms with E-state index in [1.54, 1.807) is 0 Å². The molecule has 3 aliphatic heterocycles. The highest BCUT2D eigenvalue weighted by atomic mass is 32.2. The third-order valence-electron chi connectivity index (χ3n) is 2.65. The van der Waals surface area contributed by atoms with Gasteiger partial charge in [-0.25, -0.2) is 13.2 Å². The quantitative estimate of drug-likeness (QED) is 0.681. The molecule has 3 heterocycles. The van der Waals surface area contributed by atoms with Crippen molar-refractivity contribution in [3.63, 3.8) is 0 Å². The summed E-state index contributed by atoms with van der Waals surface area (Å²) in [5.74, 6) is 1.90. The van der Waals surface area contributed by atoms with Crippen molar-refractivity contribution in [3.8, 4) is 0 Å². The molecule has 0 saturated carbocycles. The van der Waals surface area contributed by atoms with Crippen LogP contribution in [0.5, 0.6) is 0 Å². The first-order valence-electron chi connectivity index (χ1n) is 6.37. The third kappa shape index (κ3) is 8.10. The highest BCUT2D eigenvalue weighted by Gasteiger charge is 2.16. The van der Waals surface area contributed by atoms with Crippen LogP contribution in [0.2, 0.25) is 0 Å². The summed E-state index contributed by atoms with van der Waals surface area (Å²) < 4.78 is 20.9. The zero-order valence-electron chi connectivity index (χ0n) is 10.8. The van der Waals surface area contributed by atoms with Gasteiger partial charge in [-0.05, 0) is 19.3 Å². The first-order chi connectivity index (χ1) is 8.99. The molecule has 19 heavy (non-hydrogen) atoms. The summed E-state index contributed by atoms with van der Waals surface area (Å²) in [7, 11) is -2.55. The Hall–Kier alpha value is -0.760. The lowest BCUT2D eigenvalue weighted by Crippen LogP contribution is -2.20. The van der Waals surface area contributed by atoms with E-state index in [1.807, 2.05) is 0 Å². The summed E-state index contributed by atoms with van der Waals surface area (Å²) in [6.45, 7) is 1.55. The van der Waals surface area contributed by atoms with E-state index in [0.29, 0.717) is 16.6 Å². The zero-order chi connectivity index (χ0) is 14.1. The van der Waals surface area contributed by atoms with Gasteiger partial charge in [0.1, 0.15) is 9.84 Å². The first-order valence-corrected chi connectivity index (χ1v) is 9.18. The Morgan fingerprint density at radius 1 is 0.947 bits per heavy atom. The summed E-state index contributed by atoms with van der Waals surface area (Å²) in [5, 5.41) is 5.51. The highest BCUT2D eigenvalue weighted by molar-refractivity contribution is 8.14. The first kappa shape index (κ1) is 16.3. The topological polar surface area (TPSA) is 92.3 Å². The van der Waals surface area contributed by atoms with Gasteiger partial charge in [0.05, 0.1) is 11.5 Å². The van der Waals surface area contributed by atoms with Crippen molar-refractivity contribution in [1.82, 2.24) is 10.6 Å². The Morgan fingerprint density at radius 2 is 1.53 bits per heavy atom. The Balaban J connectivity index is 0.000000143. The van der Waals surface area contributed by atoms with Gasteiger partial charge >= 0.3 is 6.03 Å². The second-order valence-corrected chi connectivity index (χ2v) is 7.82. The van der Waals surface area contributed by atoms with E-state index in [1.165, 1.54) is 11.8 Å². The fraction of sp³-hybridized carbons (Fsp3) is 0.818. The van der Waals surface area contributed by atoms with Crippen molar-refractivity contribution < 1.29 is 18.0 Å². The largest absolute Gasteiger partial charge is 0.336 e. The number of hydrogen-bond acceptors (Lipinski definition) is 5. The second-order valence-electron chi connectivity index (χ2n) is 4.37. The summed E-state index contributed by atoms with van der Waals surface area (Å²) in [4.78, 5) is 20.2. The van der Waals surface area contributed by atoms with Crippen molar-refractivity contribution in [3.05, 3.63) is 0 Å². The molecule has 6 nitrogen and oxygen atoms in total. The van der Waals surface area contributed by atoms with Gasteiger partial charge in [0, 0.05) is 25.3 Å². The second kappa shape index (κ2) is 8.42. The molecule has 110 valence electrons. The smallest absolute Gasteiger partial charge is 0.314 e. The number of hydrogen-bond donors (Lipinski definition) is 2. The molecule has 0 unspecified atom stereocenters. The third-order valence-corrected chi connectivity index (χ3v) is 5.49. The number of rotatable bonds is 0. The lowest BCUT2D eigenvalue weighted by Gasteiger charge is -1.81. The molecule has 2 N–H and O–H groups in total. The molecule has 0 radical (unpaired) electrons. The number of thioether (sulfide) groups is 1. The molecule has 0 aliphatic carbocycles. The predicted molar refractivity (Wildman–Crippen MR) is 76.0 cm³/mol. The van der Waals surface area contributed by atoms with Crippen LogP contribution in [-0.4, -0.2) is 49.9 Å². The molecule has 3 aliphatic rings. The standard InChI is InChI=1S/C4H8O2S.C4H6OS.C3H6N2O/c5-7(6)3-1-2-4-7;5-4-2-1-3-6-4;6-3-4-1-2-5-3/h1-4H2;1-3H2;1-2H2,(H2,4,5,6). The molecular formula is C11H20N2O4S2. The van der Waals surface area contributed by atoms with E-state index in [0.717, 1.165) is 44.5 Å². The molecule has 2 amide bonds. The minimum Gasteiger partial charge on any atom is -0.336 e. The summed E-state index contributed by atoms with van der Waals surface area (Å²) in [6.07, 6.45) is 3.67. The van der Waals surface area contributed by atoms with Crippen molar-refractivity contribution >= 4 is 32.7 Å². The molecule has 3 rings (SSSR count). The van der Waals surface area contributed by atoms with E-state index in [2.05, 4.69) is 10.6 Å². The number of urea groups is 1. The van der Waals surface area contributed by atoms with Crippen molar-refractivity contribution in [2.75, 3.05) is 30.3 Å².